The van der Waals surface area contributed by atoms with Gasteiger partial charge in [0.15, 0.2) is 5.78 Å². The van der Waals surface area contributed by atoms with Crippen molar-refractivity contribution in [2.45, 2.75) is 187 Å². The molecule has 100 heavy (non-hydrogen) atoms. The first-order chi connectivity index (χ1) is 47.5. The van der Waals surface area contributed by atoms with Crippen LogP contribution in [0.4, 0.5) is 0 Å². The van der Waals surface area contributed by atoms with Crippen molar-refractivity contribution in [2.75, 3.05) is 26.9 Å². The fourth-order valence-corrected chi connectivity index (χ4v) is 29.9. The molecule has 11 heterocycles. The second-order valence-corrected chi connectivity index (χ2v) is 43.3. The van der Waals surface area contributed by atoms with Gasteiger partial charge in [0.25, 0.3) is 0 Å². The summed E-state index contributed by atoms with van der Waals surface area (Å²) in [6.07, 6.45) is 15.3. The predicted octanol–water partition coefficient (Wildman–Crippen LogP) is 19.1. The number of carboxylic acids is 1. The summed E-state index contributed by atoms with van der Waals surface area (Å²) in [7, 11) is 1.38. The molecule has 0 amide bonds. The zero-order valence-electron chi connectivity index (χ0n) is 60.1. The Morgan fingerprint density at radius 1 is 0.550 bits per heavy atom. The molecule has 536 valence electrons. The quantitative estimate of drug-likeness (QED) is 0.0230. The molecule has 0 spiro atoms. The maximum absolute atomic E-state index is 11.8. The number of hydrogen-bond acceptors (Lipinski definition) is 26. The van der Waals surface area contributed by atoms with Gasteiger partial charge in [-0.05, 0) is 85.3 Å². The largest absolute Gasteiger partial charge is 0.478 e. The minimum Gasteiger partial charge on any atom is -0.478 e. The van der Waals surface area contributed by atoms with E-state index in [2.05, 4.69) is 84.1 Å². The Bertz CT molecular complexity index is 4540. The van der Waals surface area contributed by atoms with E-state index in [0.717, 1.165) is 84.2 Å². The van der Waals surface area contributed by atoms with Gasteiger partial charge >= 0.3 is 149 Å². The number of Topliss-reactive ketones (excluding diaryl/α,β-unsaturated/α-hetero) is 1. The van der Waals surface area contributed by atoms with Crippen LogP contribution in [0, 0.1) is 34.6 Å². The molecule has 1 aliphatic rings. The topological polar surface area (TPSA) is 298 Å². The number of carbonyl (C=O) groups excluding carboxylic acids is 5. The van der Waals surface area contributed by atoms with Crippen molar-refractivity contribution in [3.05, 3.63) is 121 Å². The number of unbranched alkanes of at least 4 members (excludes halogenated alkanes) is 3. The smallest absolute Gasteiger partial charge is 0.341 e. The number of rotatable bonds is 21. The molecular weight excluding hydrogens is 1500 g/mol. The zero-order chi connectivity index (χ0) is 73.9. The van der Waals surface area contributed by atoms with Gasteiger partial charge in [-0.1, -0.05) is 96.0 Å². The minimum absolute atomic E-state index is 0.123. The van der Waals surface area contributed by atoms with Crippen molar-refractivity contribution in [3.8, 4) is 0 Å². The van der Waals surface area contributed by atoms with E-state index in [1.165, 1.54) is 145 Å². The van der Waals surface area contributed by atoms with Crippen LogP contribution in [0.15, 0.2) is 41.3 Å². The molecule has 0 fully saturated rings. The average Bonchev–Trinajstić information content (AvgIpc) is 1.60. The normalized spacial score (nSPS) is 12.3. The number of aromatic nitrogens is 10. The van der Waals surface area contributed by atoms with Gasteiger partial charge in [0.2, 0.25) is 0 Å². The SMILES string of the molecule is C=[C](OCC)[Sn]([CH2]CCC)([CH2]CCC)[CH2]CCC.CCOC(=O)c1cnc2sc(C)nc2c1C(C)=O.CCOC(=O)c1cnc2sc(C)nc2c1Cl.COC(=O)c1cnc2sc(C)nc2c1C(C)C.Cc1nc2c(C(C)C)c(C(=O)O)cnc2s1.Cc1nc2c3c(cnc2s1)C(=O)OC3C. The van der Waals surface area contributed by atoms with Crippen LogP contribution >= 0.6 is 68.3 Å². The number of carbonyl (C=O) groups is 6. The first-order valence-electron chi connectivity index (χ1n) is 33.2. The predicted molar refractivity (Wildman–Crippen MR) is 404 cm³/mol. The van der Waals surface area contributed by atoms with E-state index in [9.17, 15) is 28.8 Å². The molecule has 29 heteroatoms. The number of carboxylic acid groups (broad SMARTS) is 1. The molecule has 10 aromatic rings. The molecule has 1 unspecified atom stereocenters. The third-order valence-corrected chi connectivity index (χ3v) is 35.5. The van der Waals surface area contributed by atoms with Gasteiger partial charge in [-0.15, -0.1) is 0 Å². The van der Waals surface area contributed by atoms with Crippen molar-refractivity contribution in [2.24, 2.45) is 0 Å². The van der Waals surface area contributed by atoms with Crippen LogP contribution in [0.5, 0.6) is 0 Å². The Balaban J connectivity index is 0.000000189. The number of nitrogens with zero attached hydrogens (tertiary/aromatic N) is 10. The summed E-state index contributed by atoms with van der Waals surface area (Å²) in [6.45, 7) is 38.9. The standard InChI is InChI=1S/C12H12N2O3S.C12H14N2O2S.C11H12N2O2S.C10H9ClN2O2S.C10H8N2O2S.C4H7O.3C4H9.Sn/c1-4-17-12(16)8-5-13-11-10(9(8)6(2)15)14-7(3)18-11;1-6(2)9-8(12(15)16-4)5-13-11-10(9)14-7(3)17-11;1-5(2)8-7(11(14)15)4-12-10-9(8)13-6(3)16-10;1-3-15-10(14)6-4-12-9-8(7(6)11)13-5(2)16-9;1-4-7-6(10(13)14-4)3-11-9-8(7)12-5(2)15-9;1-3-5-4-2;3*1-3-4-2;/h5H,4H2,1-3H3;5-6H,1-4H3;4-5H,1-3H3,(H,14,15);4H,3H2,1-2H3;3-4H,1-2H3;1,4H2,2H3;3*1,3-4H2,2H3;. The number of pyridine rings is 5. The fourth-order valence-electron chi connectivity index (χ4n) is 11.1. The van der Waals surface area contributed by atoms with E-state index < -0.39 is 36.3 Å². The molecule has 1 aliphatic heterocycles. The van der Waals surface area contributed by atoms with Crippen molar-refractivity contribution in [3.63, 3.8) is 0 Å². The average molecular weight is 1590 g/mol. The Kier molecular flexibility index (Phi) is 31.3. The number of methoxy groups -OCH3 is 1. The molecule has 0 saturated heterocycles. The summed E-state index contributed by atoms with van der Waals surface area (Å²) >= 11 is 11.2. The third kappa shape index (κ3) is 20.3. The number of fused-ring (bicyclic) bond motifs is 7. The number of hydrogen-bond donors (Lipinski definition) is 1. The van der Waals surface area contributed by atoms with E-state index in [1.807, 2.05) is 69.2 Å². The molecule has 11 rings (SSSR count). The summed E-state index contributed by atoms with van der Waals surface area (Å²) in [6, 6.07) is 0. The number of cyclic esters (lactones) is 1. The molecule has 0 aromatic carbocycles. The number of esters is 4. The summed E-state index contributed by atoms with van der Waals surface area (Å²) in [5.41, 5.74) is 8.07. The van der Waals surface area contributed by atoms with E-state index >= 15 is 0 Å². The van der Waals surface area contributed by atoms with Crippen molar-refractivity contribution < 1.29 is 57.6 Å². The molecule has 10 aromatic heterocycles. The molecule has 1 atom stereocenters. The van der Waals surface area contributed by atoms with Crippen LogP contribution in [0.2, 0.25) is 18.3 Å². The molecule has 0 saturated carbocycles. The summed E-state index contributed by atoms with van der Waals surface area (Å²) in [5.74, 6) is -2.48. The maximum Gasteiger partial charge on any atom is 0.341 e. The summed E-state index contributed by atoms with van der Waals surface area (Å²) in [4.78, 5) is 116. The first-order valence-corrected chi connectivity index (χ1v) is 45.1. The number of aryl methyl sites for hydroxylation is 5. The molecule has 0 bridgehead atoms. The van der Waals surface area contributed by atoms with Gasteiger partial charge in [-0.25, -0.2) is 73.8 Å². The Labute approximate surface area is 612 Å². The number of thiazole rings is 5. The van der Waals surface area contributed by atoms with Crippen LogP contribution < -0.4 is 0 Å². The monoisotopic (exact) mass is 1590 g/mol. The van der Waals surface area contributed by atoms with Gasteiger partial charge in [0.1, 0.15) is 57.8 Å². The van der Waals surface area contributed by atoms with Crippen molar-refractivity contribution >= 4 is 174 Å². The molecule has 0 aliphatic carbocycles. The van der Waals surface area contributed by atoms with Crippen LogP contribution in [0.1, 0.15) is 243 Å². The minimum atomic E-state index is -2.24. The molecule has 0 radical (unpaired) electrons. The number of aromatic carboxylic acids is 1. The van der Waals surface area contributed by atoms with Gasteiger partial charge in [-0.2, -0.15) is 0 Å². The summed E-state index contributed by atoms with van der Waals surface area (Å²) < 4.78 is 31.3. The number of ether oxygens (including phenoxy) is 5. The Hall–Kier alpha value is -7.15. The Morgan fingerprint density at radius 2 is 0.920 bits per heavy atom. The van der Waals surface area contributed by atoms with Crippen molar-refractivity contribution in [1.82, 2.24) is 49.8 Å². The van der Waals surface area contributed by atoms with E-state index in [4.69, 9.17) is 40.4 Å². The van der Waals surface area contributed by atoms with E-state index in [0.29, 0.717) is 44.2 Å². The van der Waals surface area contributed by atoms with Gasteiger partial charge in [0.05, 0.1) is 83.8 Å². The van der Waals surface area contributed by atoms with Crippen LogP contribution in [-0.2, 0) is 23.7 Å². The second kappa shape index (κ2) is 38.2. The van der Waals surface area contributed by atoms with Gasteiger partial charge in [0, 0.05) is 36.5 Å². The molecule has 1 N–H and O–H groups in total. The number of ketones is 1. The zero-order valence-corrected chi connectivity index (χ0v) is 67.8. The fraction of sp³-hybridized carbons (Fsp3) is 0.465. The molecular formula is C71H89ClN10O12S5Sn. The van der Waals surface area contributed by atoms with Crippen molar-refractivity contribution in [1.29, 1.82) is 0 Å². The van der Waals surface area contributed by atoms with Gasteiger partial charge < -0.3 is 24.1 Å². The van der Waals surface area contributed by atoms with E-state index in [-0.39, 0.29) is 59.0 Å². The number of halogens is 1. The first kappa shape index (κ1) is 81.8. The van der Waals surface area contributed by atoms with E-state index in [1.54, 1.807) is 26.2 Å². The Morgan fingerprint density at radius 3 is 1.35 bits per heavy atom. The summed E-state index contributed by atoms with van der Waals surface area (Å²) in [5, 5.41) is 13.9. The van der Waals surface area contributed by atoms with Gasteiger partial charge in [-0.3, -0.25) is 4.79 Å². The van der Waals surface area contributed by atoms with Crippen LogP contribution in [-0.4, -0.2) is 136 Å². The van der Waals surface area contributed by atoms with Crippen LogP contribution in [0.25, 0.3) is 51.7 Å². The second-order valence-electron chi connectivity index (χ2n) is 23.8. The maximum atomic E-state index is 11.8. The molecule has 22 nitrogen and oxygen atoms in total. The third-order valence-electron chi connectivity index (χ3n) is 15.7. The van der Waals surface area contributed by atoms with Crippen LogP contribution in [0.3, 0.4) is 0 Å².